The van der Waals surface area contributed by atoms with Gasteiger partial charge in [-0.05, 0) is 80.5 Å². The maximum absolute atomic E-state index is 5.07. The lowest BCUT2D eigenvalue weighted by atomic mass is 9.78. The predicted octanol–water partition coefficient (Wildman–Crippen LogP) is 3.39. The lowest BCUT2D eigenvalue weighted by molar-refractivity contribution is 0.0977. The molecule has 5 rings (SSSR count). The number of likely N-dealkylation sites (tertiary alicyclic amines) is 1. The van der Waals surface area contributed by atoms with Gasteiger partial charge in [0.15, 0.2) is 5.65 Å². The van der Waals surface area contributed by atoms with E-state index in [-0.39, 0.29) is 0 Å². The summed E-state index contributed by atoms with van der Waals surface area (Å²) in [6, 6.07) is 7.10. The Morgan fingerprint density at radius 3 is 2.58 bits per heavy atom. The number of rotatable bonds is 6. The van der Waals surface area contributed by atoms with Gasteiger partial charge in [0.25, 0.3) is 0 Å². The normalized spacial score (nSPS) is 22.8. The van der Waals surface area contributed by atoms with Crippen LogP contribution < -0.4 is 10.8 Å². The Kier molecular flexibility index (Phi) is 6.68. The Bertz CT molecular complexity index is 1050. The van der Waals surface area contributed by atoms with Gasteiger partial charge in [0.2, 0.25) is 0 Å². The van der Waals surface area contributed by atoms with Crippen molar-refractivity contribution < 1.29 is 0 Å². The molecule has 6 nitrogen and oxygen atoms in total. The first-order chi connectivity index (χ1) is 16.1. The summed E-state index contributed by atoms with van der Waals surface area (Å²) >= 11 is 0. The summed E-state index contributed by atoms with van der Waals surface area (Å²) in [5.74, 6) is 3.31. The number of piperidine rings is 1. The van der Waals surface area contributed by atoms with Crippen molar-refractivity contribution in [3.05, 3.63) is 48.0 Å². The molecular formula is C26H37BN6. The Morgan fingerprint density at radius 2 is 1.88 bits per heavy atom. The van der Waals surface area contributed by atoms with E-state index in [4.69, 9.17) is 4.98 Å². The average Bonchev–Trinajstić information content (AvgIpc) is 3.24. The van der Waals surface area contributed by atoms with Crippen LogP contribution in [0.2, 0.25) is 0 Å². The number of anilines is 1. The highest BCUT2D eigenvalue weighted by atomic mass is 15.3. The second-order valence-electron chi connectivity index (χ2n) is 10.5. The zero-order valence-corrected chi connectivity index (χ0v) is 20.4. The number of nitrogens with zero attached hydrogens (tertiary/aromatic N) is 5. The molecule has 0 atom stereocenters. The predicted molar refractivity (Wildman–Crippen MR) is 137 cm³/mol. The lowest BCUT2D eigenvalue weighted by Gasteiger charge is -2.41. The van der Waals surface area contributed by atoms with Crippen molar-refractivity contribution in [1.82, 2.24) is 24.5 Å². The third kappa shape index (κ3) is 4.93. The Morgan fingerprint density at radius 1 is 1.09 bits per heavy atom. The second-order valence-corrected chi connectivity index (χ2v) is 10.5. The van der Waals surface area contributed by atoms with Crippen molar-refractivity contribution >= 4 is 24.8 Å². The molecule has 0 unspecified atom stereocenters. The van der Waals surface area contributed by atoms with Crippen molar-refractivity contribution in [3.63, 3.8) is 0 Å². The second kappa shape index (κ2) is 9.84. The maximum Gasteiger partial charge on any atom is 0.151 e. The van der Waals surface area contributed by atoms with Crippen molar-refractivity contribution in [1.29, 1.82) is 0 Å². The molecule has 0 amide bonds. The van der Waals surface area contributed by atoms with E-state index >= 15 is 0 Å². The van der Waals surface area contributed by atoms with Crippen molar-refractivity contribution in [2.75, 3.05) is 18.4 Å². The summed E-state index contributed by atoms with van der Waals surface area (Å²) in [7, 11) is 2.10. The molecule has 4 heterocycles. The van der Waals surface area contributed by atoms with Gasteiger partial charge >= 0.3 is 0 Å². The molecule has 1 saturated heterocycles. The minimum absolute atomic E-state index is 0.520. The van der Waals surface area contributed by atoms with E-state index in [0.29, 0.717) is 5.92 Å². The average molecular weight is 444 g/mol. The van der Waals surface area contributed by atoms with Crippen molar-refractivity contribution in [2.45, 2.75) is 70.9 Å². The highest BCUT2D eigenvalue weighted by molar-refractivity contribution is 6.36. The Hall–Kier alpha value is -2.41. The van der Waals surface area contributed by atoms with Gasteiger partial charge in [-0.1, -0.05) is 19.9 Å². The van der Waals surface area contributed by atoms with E-state index < -0.39 is 0 Å². The third-order valence-corrected chi connectivity index (χ3v) is 8.01. The molecule has 1 saturated carbocycles. The van der Waals surface area contributed by atoms with Gasteiger partial charge in [-0.15, -0.1) is 0 Å². The first-order valence-corrected chi connectivity index (χ1v) is 12.8. The molecule has 174 valence electrons. The molecule has 2 aliphatic rings. The van der Waals surface area contributed by atoms with E-state index in [1.807, 2.05) is 29.2 Å². The fourth-order valence-electron chi connectivity index (χ4n) is 5.82. The highest BCUT2D eigenvalue weighted by Gasteiger charge is 2.31. The van der Waals surface area contributed by atoms with Crippen LogP contribution in [0.5, 0.6) is 0 Å². The summed E-state index contributed by atoms with van der Waals surface area (Å²) in [5, 5.41) is 8.16. The van der Waals surface area contributed by atoms with E-state index in [2.05, 4.69) is 54.1 Å². The molecule has 0 spiro atoms. The highest BCUT2D eigenvalue weighted by Crippen LogP contribution is 2.35. The van der Waals surface area contributed by atoms with Crippen LogP contribution >= 0.6 is 0 Å². The van der Waals surface area contributed by atoms with Crippen LogP contribution in [0.3, 0.4) is 0 Å². The maximum atomic E-state index is 5.07. The first kappa shape index (κ1) is 22.4. The largest absolute Gasteiger partial charge is 0.366 e. The minimum Gasteiger partial charge on any atom is -0.366 e. The molecule has 7 heteroatoms. The van der Waals surface area contributed by atoms with Gasteiger partial charge in [-0.2, -0.15) is 9.61 Å². The van der Waals surface area contributed by atoms with Crippen molar-refractivity contribution in [3.8, 4) is 0 Å². The molecule has 2 fully saturated rings. The minimum atomic E-state index is 0.520. The number of nitrogens with one attached hydrogen (secondary N) is 1. The van der Waals surface area contributed by atoms with Crippen LogP contribution in [0.25, 0.3) is 5.65 Å². The molecule has 0 bridgehead atoms. The van der Waals surface area contributed by atoms with Crippen LogP contribution in [0.1, 0.15) is 69.5 Å². The molecule has 3 aromatic rings. The topological polar surface area (TPSA) is 58.4 Å². The Balaban J connectivity index is 1.27. The number of hydrogen-bond donors (Lipinski definition) is 1. The molecule has 3 aromatic heterocycles. The summed E-state index contributed by atoms with van der Waals surface area (Å²) in [4.78, 5) is 12.1. The molecule has 1 aliphatic carbocycles. The summed E-state index contributed by atoms with van der Waals surface area (Å²) in [5.41, 5.74) is 4.47. The number of hydrogen-bond acceptors (Lipinski definition) is 5. The number of pyridine rings is 1. The summed E-state index contributed by atoms with van der Waals surface area (Å²) in [6.45, 7) is 7.91. The summed E-state index contributed by atoms with van der Waals surface area (Å²) < 4.78 is 1.94. The number of aromatic nitrogens is 4. The van der Waals surface area contributed by atoms with Gasteiger partial charge < -0.3 is 10.2 Å². The van der Waals surface area contributed by atoms with Crippen LogP contribution in [-0.4, -0.2) is 51.5 Å². The SMILES string of the molecule is Bc1cnn2c(NCc3cccnc3)cc(C3CCN(C4CCC(C(C)C)CC4)CC3)nc12. The van der Waals surface area contributed by atoms with Gasteiger partial charge in [-0.3, -0.25) is 4.98 Å². The van der Waals surface area contributed by atoms with Crippen LogP contribution in [0.4, 0.5) is 5.82 Å². The lowest BCUT2D eigenvalue weighted by Crippen LogP contribution is -2.43. The fourth-order valence-corrected chi connectivity index (χ4v) is 5.82. The molecular weight excluding hydrogens is 407 g/mol. The van der Waals surface area contributed by atoms with Gasteiger partial charge in [0.05, 0.1) is 0 Å². The van der Waals surface area contributed by atoms with E-state index in [9.17, 15) is 0 Å². The standard InChI is InChI=1S/C26H37BN6/c1-18(2)20-5-7-22(8-6-20)32-12-9-21(10-13-32)24-14-25(29-16-19-4-3-11-28-15-19)33-26(31-24)23(27)17-30-33/h3-4,11,14-15,17-18,20-22,29H,5-10,12-13,16,27H2,1-2H3. The molecule has 1 N–H and O–H groups in total. The quantitative estimate of drug-likeness (QED) is 0.591. The summed E-state index contributed by atoms with van der Waals surface area (Å²) in [6.07, 6.45) is 13.6. The zero-order chi connectivity index (χ0) is 22.8. The molecule has 1 aliphatic heterocycles. The first-order valence-electron chi connectivity index (χ1n) is 12.8. The van der Waals surface area contributed by atoms with Crippen LogP contribution in [0.15, 0.2) is 36.8 Å². The zero-order valence-electron chi connectivity index (χ0n) is 20.4. The monoisotopic (exact) mass is 444 g/mol. The molecule has 33 heavy (non-hydrogen) atoms. The molecule has 0 aromatic carbocycles. The van der Waals surface area contributed by atoms with Gasteiger partial charge in [0, 0.05) is 48.9 Å². The smallest absolute Gasteiger partial charge is 0.151 e. The van der Waals surface area contributed by atoms with Crippen LogP contribution in [-0.2, 0) is 6.54 Å². The van der Waals surface area contributed by atoms with Crippen molar-refractivity contribution in [2.24, 2.45) is 11.8 Å². The van der Waals surface area contributed by atoms with E-state index in [0.717, 1.165) is 46.9 Å². The number of fused-ring (bicyclic) bond motifs is 1. The molecule has 0 radical (unpaired) electrons. The Labute approximate surface area is 198 Å². The van der Waals surface area contributed by atoms with E-state index in [1.54, 1.807) is 0 Å². The van der Waals surface area contributed by atoms with Gasteiger partial charge in [-0.25, -0.2) is 4.98 Å². The van der Waals surface area contributed by atoms with Crippen LogP contribution in [0, 0.1) is 11.8 Å². The van der Waals surface area contributed by atoms with Gasteiger partial charge in [0.1, 0.15) is 13.7 Å². The third-order valence-electron chi connectivity index (χ3n) is 8.01. The fraction of sp³-hybridized carbons (Fsp3) is 0.577. The van der Waals surface area contributed by atoms with E-state index in [1.165, 1.54) is 57.3 Å².